The smallest absolute Gasteiger partial charge is 0.388 e. The Hall–Kier alpha value is -2.82. The molecule has 0 aliphatic heterocycles. The number of rotatable bonds is 6. The number of halogens is 2. The zero-order chi connectivity index (χ0) is 18.8. The number of H-pyrrole nitrogens is 1. The van der Waals surface area contributed by atoms with Crippen molar-refractivity contribution in [2.45, 2.75) is 44.9 Å². The van der Waals surface area contributed by atoms with Crippen LogP contribution < -0.4 is 10.1 Å². The van der Waals surface area contributed by atoms with Crippen LogP contribution >= 0.6 is 0 Å². The summed E-state index contributed by atoms with van der Waals surface area (Å²) in [6, 6.07) is 1.31. The molecule has 144 valence electrons. The van der Waals surface area contributed by atoms with E-state index in [9.17, 15) is 13.9 Å². The fourth-order valence-corrected chi connectivity index (χ4v) is 3.27. The first kappa shape index (κ1) is 17.6. The summed E-state index contributed by atoms with van der Waals surface area (Å²) in [6.07, 6.45) is 6.51. The van der Waals surface area contributed by atoms with Crippen molar-refractivity contribution in [2.24, 2.45) is 5.92 Å². The van der Waals surface area contributed by atoms with Crippen LogP contribution in [0, 0.1) is 5.92 Å². The van der Waals surface area contributed by atoms with E-state index in [1.807, 2.05) is 4.68 Å². The molecule has 1 fully saturated rings. The highest BCUT2D eigenvalue weighted by Gasteiger charge is 2.21. The number of aliphatic hydroxyl groups excluding tert-OH is 1. The first-order valence-electron chi connectivity index (χ1n) is 8.70. The quantitative estimate of drug-likeness (QED) is 0.603. The number of anilines is 2. The molecule has 0 aromatic carbocycles. The molecule has 0 amide bonds. The fraction of sp³-hybridized carbons (Fsp3) is 0.500. The number of hydrogen-bond acceptors (Lipinski definition) is 7. The van der Waals surface area contributed by atoms with Gasteiger partial charge in [0.05, 0.1) is 18.5 Å². The normalized spacial score (nSPS) is 20.3. The summed E-state index contributed by atoms with van der Waals surface area (Å²) in [5.74, 6) is 0.992. The van der Waals surface area contributed by atoms with Gasteiger partial charge in [0, 0.05) is 12.6 Å². The molecule has 3 aromatic rings. The Bertz CT molecular complexity index is 905. The van der Waals surface area contributed by atoms with Crippen molar-refractivity contribution < 1.29 is 18.6 Å². The van der Waals surface area contributed by atoms with Gasteiger partial charge in [0.2, 0.25) is 5.88 Å². The lowest BCUT2D eigenvalue weighted by Gasteiger charge is -2.25. The van der Waals surface area contributed by atoms with E-state index < -0.39 is 6.61 Å². The maximum atomic E-state index is 12.2. The third-order valence-electron chi connectivity index (χ3n) is 4.62. The van der Waals surface area contributed by atoms with Gasteiger partial charge in [-0.3, -0.25) is 0 Å². The third-order valence-corrected chi connectivity index (χ3v) is 4.62. The Morgan fingerprint density at radius 2 is 2.07 bits per heavy atom. The van der Waals surface area contributed by atoms with E-state index in [0.717, 1.165) is 25.7 Å². The average Bonchev–Trinajstić information content (AvgIpc) is 3.23. The zero-order valence-corrected chi connectivity index (χ0v) is 14.3. The summed E-state index contributed by atoms with van der Waals surface area (Å²) in [6.45, 7) is -2.21. The minimum absolute atomic E-state index is 0.147. The van der Waals surface area contributed by atoms with Crippen LogP contribution in [-0.4, -0.2) is 47.8 Å². The molecule has 0 atom stereocenters. The molecule has 1 aliphatic rings. The van der Waals surface area contributed by atoms with Crippen LogP contribution in [-0.2, 0) is 6.54 Å². The molecule has 3 N–H and O–H groups in total. The van der Waals surface area contributed by atoms with Crippen LogP contribution in [0.4, 0.5) is 20.4 Å². The third kappa shape index (κ3) is 4.13. The van der Waals surface area contributed by atoms with Gasteiger partial charge in [-0.1, -0.05) is 0 Å². The lowest BCUT2D eigenvalue weighted by atomic mass is 9.87. The number of aliphatic hydroxyl groups is 1. The molecule has 3 aromatic heterocycles. The number of nitrogens with one attached hydrogen (secondary N) is 2. The summed E-state index contributed by atoms with van der Waals surface area (Å²) < 4.78 is 30.5. The summed E-state index contributed by atoms with van der Waals surface area (Å²) in [7, 11) is 0. The molecule has 27 heavy (non-hydrogen) atoms. The van der Waals surface area contributed by atoms with Crippen molar-refractivity contribution >= 4 is 22.8 Å². The molecule has 0 bridgehead atoms. The second-order valence-electron chi connectivity index (χ2n) is 6.59. The first-order valence-corrected chi connectivity index (χ1v) is 8.70. The Kier molecular flexibility index (Phi) is 4.84. The van der Waals surface area contributed by atoms with Crippen molar-refractivity contribution in [1.82, 2.24) is 29.9 Å². The second-order valence-corrected chi connectivity index (χ2v) is 6.59. The molecule has 1 saturated carbocycles. The van der Waals surface area contributed by atoms with E-state index in [4.69, 9.17) is 0 Å². The molecule has 3 heterocycles. The fourth-order valence-electron chi connectivity index (χ4n) is 3.27. The SMILES string of the molecule is O[C@H]1CC[C@H](Cn2ncc3ncc(Nc4cc(OC(F)F)[nH]n4)nc32)CC1. The van der Waals surface area contributed by atoms with E-state index in [0.29, 0.717) is 29.4 Å². The largest absolute Gasteiger partial charge is 0.417 e. The van der Waals surface area contributed by atoms with Crippen molar-refractivity contribution in [2.75, 3.05) is 5.32 Å². The monoisotopic (exact) mass is 379 g/mol. The Balaban J connectivity index is 1.49. The Labute approximate surface area is 152 Å². The van der Waals surface area contributed by atoms with Gasteiger partial charge in [0.1, 0.15) is 5.52 Å². The van der Waals surface area contributed by atoms with E-state index >= 15 is 0 Å². The Morgan fingerprint density at radius 3 is 2.85 bits per heavy atom. The summed E-state index contributed by atoms with van der Waals surface area (Å²) in [5.41, 5.74) is 1.30. The number of aromatic nitrogens is 6. The zero-order valence-electron chi connectivity index (χ0n) is 14.3. The van der Waals surface area contributed by atoms with Gasteiger partial charge >= 0.3 is 6.61 Å². The lowest BCUT2D eigenvalue weighted by molar-refractivity contribution is -0.0528. The molecule has 4 rings (SSSR count). The predicted octanol–water partition coefficient (Wildman–Crippen LogP) is 2.45. The summed E-state index contributed by atoms with van der Waals surface area (Å²) in [4.78, 5) is 8.84. The lowest BCUT2D eigenvalue weighted by Crippen LogP contribution is -2.22. The predicted molar refractivity (Wildman–Crippen MR) is 91.8 cm³/mol. The topological polar surface area (TPSA) is 114 Å². The van der Waals surface area contributed by atoms with E-state index in [2.05, 4.69) is 35.3 Å². The van der Waals surface area contributed by atoms with Gasteiger partial charge in [-0.25, -0.2) is 19.7 Å². The summed E-state index contributed by atoms with van der Waals surface area (Å²) in [5, 5.41) is 23.1. The minimum atomic E-state index is -2.93. The van der Waals surface area contributed by atoms with Crippen molar-refractivity contribution in [3.05, 3.63) is 18.5 Å². The summed E-state index contributed by atoms with van der Waals surface area (Å²) >= 11 is 0. The van der Waals surface area contributed by atoms with E-state index in [-0.39, 0.29) is 17.8 Å². The van der Waals surface area contributed by atoms with Crippen LogP contribution in [0.25, 0.3) is 11.2 Å². The van der Waals surface area contributed by atoms with Gasteiger partial charge in [0.15, 0.2) is 17.3 Å². The molecule has 0 spiro atoms. The highest BCUT2D eigenvalue weighted by Crippen LogP contribution is 2.26. The maximum Gasteiger partial charge on any atom is 0.388 e. The molecular weight excluding hydrogens is 360 g/mol. The van der Waals surface area contributed by atoms with Gasteiger partial charge in [-0.15, -0.1) is 0 Å². The molecule has 0 unspecified atom stereocenters. The van der Waals surface area contributed by atoms with Gasteiger partial charge in [-0.05, 0) is 31.6 Å². The standard InChI is InChI=1S/C16H19F2N7O2/c17-16(18)27-14-5-12(23-24-14)21-13-7-19-11-6-20-25(15(11)22-13)8-9-1-3-10(26)4-2-9/h5-7,9-10,16,26H,1-4,8H2,(H2,21,22,23,24)/t9-,10-. The molecule has 0 saturated heterocycles. The molecule has 1 aliphatic carbocycles. The highest BCUT2D eigenvalue weighted by atomic mass is 19.3. The maximum absolute atomic E-state index is 12.2. The van der Waals surface area contributed by atoms with Crippen molar-refractivity contribution in [3.8, 4) is 5.88 Å². The van der Waals surface area contributed by atoms with E-state index in [1.165, 1.54) is 12.3 Å². The number of ether oxygens (including phenoxy) is 1. The first-order chi connectivity index (χ1) is 13.1. The van der Waals surface area contributed by atoms with E-state index in [1.54, 1.807) is 6.20 Å². The number of fused-ring (bicyclic) bond motifs is 1. The van der Waals surface area contributed by atoms with Crippen LogP contribution in [0.1, 0.15) is 25.7 Å². The highest BCUT2D eigenvalue weighted by molar-refractivity contribution is 5.71. The molecular formula is C16H19F2N7O2. The number of hydrogen-bond donors (Lipinski definition) is 3. The van der Waals surface area contributed by atoms with Gasteiger partial charge < -0.3 is 15.2 Å². The van der Waals surface area contributed by atoms with Crippen LogP contribution in [0.3, 0.4) is 0 Å². The molecule has 0 radical (unpaired) electrons. The minimum Gasteiger partial charge on any atom is -0.417 e. The van der Waals surface area contributed by atoms with Crippen molar-refractivity contribution in [3.63, 3.8) is 0 Å². The van der Waals surface area contributed by atoms with Crippen LogP contribution in [0.2, 0.25) is 0 Å². The molecule has 9 nitrogen and oxygen atoms in total. The average molecular weight is 379 g/mol. The van der Waals surface area contributed by atoms with Crippen LogP contribution in [0.5, 0.6) is 5.88 Å². The second kappa shape index (κ2) is 7.43. The van der Waals surface area contributed by atoms with Gasteiger partial charge in [-0.2, -0.15) is 19.0 Å². The number of aromatic amines is 1. The number of nitrogens with zero attached hydrogens (tertiary/aromatic N) is 5. The molecule has 11 heteroatoms. The van der Waals surface area contributed by atoms with Gasteiger partial charge in [0.25, 0.3) is 0 Å². The number of alkyl halides is 2. The Morgan fingerprint density at radius 1 is 1.26 bits per heavy atom. The van der Waals surface area contributed by atoms with Crippen LogP contribution in [0.15, 0.2) is 18.5 Å². The van der Waals surface area contributed by atoms with Crippen molar-refractivity contribution in [1.29, 1.82) is 0 Å².